The zero-order valence-corrected chi connectivity index (χ0v) is 18.3. The molecule has 0 atom stereocenters. The first-order chi connectivity index (χ1) is 15.8. The van der Waals surface area contributed by atoms with Crippen LogP contribution in [0.4, 0.5) is 0 Å². The van der Waals surface area contributed by atoms with E-state index >= 15 is 0 Å². The van der Waals surface area contributed by atoms with Gasteiger partial charge in [0.1, 0.15) is 11.5 Å². The van der Waals surface area contributed by atoms with Crippen molar-refractivity contribution < 1.29 is 14.7 Å². The van der Waals surface area contributed by atoms with Crippen LogP contribution in [-0.4, -0.2) is 27.4 Å². The number of nitrogens with zero attached hydrogens (tertiary/aromatic N) is 1. The topological polar surface area (TPSA) is 121 Å². The van der Waals surface area contributed by atoms with E-state index in [9.17, 15) is 4.79 Å². The molecule has 0 radical (unpaired) electrons. The van der Waals surface area contributed by atoms with Crippen LogP contribution in [0, 0.1) is 5.41 Å². The Bertz CT molecular complexity index is 1280. The highest BCUT2D eigenvalue weighted by molar-refractivity contribution is 5.99. The number of carbonyl (C=O) groups is 2. The fourth-order valence-corrected chi connectivity index (χ4v) is 3.46. The molecule has 0 bridgehead atoms. The van der Waals surface area contributed by atoms with E-state index in [4.69, 9.17) is 21.0 Å². The molecule has 7 heteroatoms. The van der Waals surface area contributed by atoms with Crippen molar-refractivity contribution in [3.8, 4) is 0 Å². The monoisotopic (exact) mass is 442 g/mol. The van der Waals surface area contributed by atoms with Crippen molar-refractivity contribution in [1.82, 2.24) is 9.88 Å². The maximum absolute atomic E-state index is 13.0. The SMILES string of the molecule is CC(=O)O.N=C(N)c1cccc(Cn2c(C(=O)NCc3ccccc3)cc3ccccc32)c1. The summed E-state index contributed by atoms with van der Waals surface area (Å²) in [5.74, 6) is -0.919. The largest absolute Gasteiger partial charge is 0.481 e. The maximum Gasteiger partial charge on any atom is 0.300 e. The molecule has 0 unspecified atom stereocenters. The van der Waals surface area contributed by atoms with E-state index in [1.54, 1.807) is 0 Å². The highest BCUT2D eigenvalue weighted by Gasteiger charge is 2.16. The number of fused-ring (bicyclic) bond motifs is 1. The highest BCUT2D eigenvalue weighted by atomic mass is 16.4. The number of nitrogens with one attached hydrogen (secondary N) is 2. The molecule has 7 nitrogen and oxygen atoms in total. The minimum Gasteiger partial charge on any atom is -0.481 e. The van der Waals surface area contributed by atoms with Gasteiger partial charge in [-0.1, -0.05) is 66.7 Å². The molecule has 1 aromatic heterocycles. The first-order valence-corrected chi connectivity index (χ1v) is 10.4. The third-order valence-corrected chi connectivity index (χ3v) is 4.92. The summed E-state index contributed by atoms with van der Waals surface area (Å²) < 4.78 is 2.01. The minimum atomic E-state index is -0.833. The minimum absolute atomic E-state index is 0.0324. The number of carboxylic acids is 1. The predicted octanol–water partition coefficient (Wildman–Crippen LogP) is 3.99. The van der Waals surface area contributed by atoms with Crippen molar-refractivity contribution >= 4 is 28.6 Å². The lowest BCUT2D eigenvalue weighted by molar-refractivity contribution is -0.134. The number of hydrogen-bond donors (Lipinski definition) is 4. The van der Waals surface area contributed by atoms with Gasteiger partial charge in [-0.15, -0.1) is 0 Å². The zero-order chi connectivity index (χ0) is 23.8. The number of rotatable bonds is 6. The molecule has 0 fully saturated rings. The first kappa shape index (κ1) is 23.3. The van der Waals surface area contributed by atoms with Gasteiger partial charge in [-0.2, -0.15) is 0 Å². The van der Waals surface area contributed by atoms with Crippen LogP contribution in [0.1, 0.15) is 34.1 Å². The molecular formula is C26H26N4O3. The molecule has 1 amide bonds. The van der Waals surface area contributed by atoms with Crippen molar-refractivity contribution in [1.29, 1.82) is 5.41 Å². The molecule has 4 rings (SSSR count). The third-order valence-electron chi connectivity index (χ3n) is 4.92. The molecule has 33 heavy (non-hydrogen) atoms. The quantitative estimate of drug-likeness (QED) is 0.266. The van der Waals surface area contributed by atoms with E-state index < -0.39 is 5.97 Å². The Hall–Kier alpha value is -4.39. The summed E-state index contributed by atoms with van der Waals surface area (Å²) in [5, 5.41) is 19.1. The summed E-state index contributed by atoms with van der Waals surface area (Å²) in [5.41, 5.74) is 9.94. The van der Waals surface area contributed by atoms with Gasteiger partial charge in [-0.05, 0) is 29.3 Å². The highest BCUT2D eigenvalue weighted by Crippen LogP contribution is 2.22. The van der Waals surface area contributed by atoms with Crippen molar-refractivity contribution in [2.24, 2.45) is 5.73 Å². The zero-order valence-electron chi connectivity index (χ0n) is 18.3. The molecule has 3 aromatic carbocycles. The Kier molecular flexibility index (Phi) is 7.60. The Morgan fingerprint density at radius 1 is 0.939 bits per heavy atom. The van der Waals surface area contributed by atoms with Crippen molar-refractivity contribution in [2.45, 2.75) is 20.0 Å². The number of nitrogen functional groups attached to an aromatic ring is 1. The second kappa shape index (κ2) is 10.8. The van der Waals surface area contributed by atoms with E-state index in [0.29, 0.717) is 24.3 Å². The van der Waals surface area contributed by atoms with Gasteiger partial charge in [0.05, 0.1) is 0 Å². The van der Waals surface area contributed by atoms with Crippen LogP contribution in [0.3, 0.4) is 0 Å². The van der Waals surface area contributed by atoms with Crippen LogP contribution in [-0.2, 0) is 17.9 Å². The number of benzene rings is 3. The van der Waals surface area contributed by atoms with Gasteiger partial charge in [-0.3, -0.25) is 15.0 Å². The number of aliphatic carboxylic acids is 1. The summed E-state index contributed by atoms with van der Waals surface area (Å²) in [7, 11) is 0. The molecule has 5 N–H and O–H groups in total. The fourth-order valence-electron chi connectivity index (χ4n) is 3.46. The summed E-state index contributed by atoms with van der Waals surface area (Å²) in [6.45, 7) is 2.07. The molecule has 0 saturated heterocycles. The molecule has 0 spiro atoms. The number of carboxylic acid groups (broad SMARTS) is 1. The standard InChI is InChI=1S/C24H22N4O.C2H4O2/c25-23(26)20-11-6-9-18(13-20)16-28-21-12-5-4-10-19(21)14-22(28)24(29)27-15-17-7-2-1-3-8-17;1-2(3)4/h1-14H,15-16H2,(H3,25,26)(H,27,29);1H3,(H,3,4). The lowest BCUT2D eigenvalue weighted by Gasteiger charge is -2.12. The number of aromatic nitrogens is 1. The predicted molar refractivity (Wildman–Crippen MR) is 129 cm³/mol. The molecular weight excluding hydrogens is 416 g/mol. The van der Waals surface area contributed by atoms with Gasteiger partial charge < -0.3 is 20.7 Å². The maximum atomic E-state index is 13.0. The van der Waals surface area contributed by atoms with Gasteiger partial charge in [0.2, 0.25) is 0 Å². The van der Waals surface area contributed by atoms with Gasteiger partial charge in [0.25, 0.3) is 11.9 Å². The summed E-state index contributed by atoms with van der Waals surface area (Å²) in [6, 6.07) is 27.3. The average molecular weight is 443 g/mol. The van der Waals surface area contributed by atoms with E-state index in [2.05, 4.69) is 5.32 Å². The second-order valence-electron chi connectivity index (χ2n) is 7.48. The summed E-state index contributed by atoms with van der Waals surface area (Å²) >= 11 is 0. The van der Waals surface area contributed by atoms with E-state index in [1.807, 2.05) is 89.5 Å². The van der Waals surface area contributed by atoms with Crippen LogP contribution in [0.5, 0.6) is 0 Å². The van der Waals surface area contributed by atoms with Crippen molar-refractivity contribution in [2.75, 3.05) is 0 Å². The van der Waals surface area contributed by atoms with E-state index in [0.717, 1.165) is 29.0 Å². The number of amidine groups is 1. The lowest BCUT2D eigenvalue weighted by atomic mass is 10.1. The van der Waals surface area contributed by atoms with E-state index in [-0.39, 0.29) is 11.7 Å². The van der Waals surface area contributed by atoms with Crippen LogP contribution in [0.2, 0.25) is 0 Å². The van der Waals surface area contributed by atoms with Crippen LogP contribution in [0.25, 0.3) is 10.9 Å². The van der Waals surface area contributed by atoms with Crippen molar-refractivity contribution in [3.63, 3.8) is 0 Å². The van der Waals surface area contributed by atoms with Crippen LogP contribution < -0.4 is 11.1 Å². The molecule has 168 valence electrons. The van der Waals surface area contributed by atoms with Gasteiger partial charge in [0, 0.05) is 36.5 Å². The Morgan fingerprint density at radius 3 is 2.27 bits per heavy atom. The second-order valence-corrected chi connectivity index (χ2v) is 7.48. The smallest absolute Gasteiger partial charge is 0.300 e. The summed E-state index contributed by atoms with van der Waals surface area (Å²) in [6.07, 6.45) is 0. The number of amides is 1. The normalized spacial score (nSPS) is 10.2. The Morgan fingerprint density at radius 2 is 1.58 bits per heavy atom. The molecule has 0 aliphatic rings. The number of hydrogen-bond acceptors (Lipinski definition) is 3. The number of carbonyl (C=O) groups excluding carboxylic acids is 1. The first-order valence-electron chi connectivity index (χ1n) is 10.4. The van der Waals surface area contributed by atoms with Crippen LogP contribution >= 0.6 is 0 Å². The van der Waals surface area contributed by atoms with Crippen molar-refractivity contribution in [3.05, 3.63) is 107 Å². The molecule has 1 heterocycles. The van der Waals surface area contributed by atoms with Crippen LogP contribution in [0.15, 0.2) is 84.9 Å². The summed E-state index contributed by atoms with van der Waals surface area (Å²) in [4.78, 5) is 22.0. The van der Waals surface area contributed by atoms with Gasteiger partial charge in [0.15, 0.2) is 0 Å². The number of nitrogens with two attached hydrogens (primary N) is 1. The molecule has 0 aliphatic carbocycles. The molecule has 0 aliphatic heterocycles. The lowest BCUT2D eigenvalue weighted by Crippen LogP contribution is -2.25. The Labute approximate surface area is 192 Å². The number of para-hydroxylation sites is 1. The van der Waals surface area contributed by atoms with E-state index in [1.165, 1.54) is 0 Å². The molecule has 4 aromatic rings. The van der Waals surface area contributed by atoms with Gasteiger partial charge in [-0.25, -0.2) is 0 Å². The average Bonchev–Trinajstić information content (AvgIpc) is 3.16. The fraction of sp³-hybridized carbons (Fsp3) is 0.115. The Balaban J connectivity index is 0.000000709. The third kappa shape index (κ3) is 6.30. The molecule has 0 saturated carbocycles. The van der Waals surface area contributed by atoms with Gasteiger partial charge >= 0.3 is 0 Å².